The molecule has 0 amide bonds. The van der Waals surface area contributed by atoms with E-state index >= 15 is 0 Å². The number of hydrogen-bond donors (Lipinski definition) is 17. The first-order valence-corrected chi connectivity index (χ1v) is 27.4. The van der Waals surface area contributed by atoms with Gasteiger partial charge in [0.05, 0.1) is 57.9 Å². The van der Waals surface area contributed by atoms with Gasteiger partial charge in [-0.15, -0.1) is 0 Å². The molecule has 1 saturated carbocycles. The largest absolute Gasteiger partial charge is 0.756 e. The molecule has 1 aliphatic carbocycles. The molecule has 37 heteroatoms. The second kappa shape index (κ2) is 26.4. The van der Waals surface area contributed by atoms with Gasteiger partial charge in [-0.2, -0.15) is 0 Å². The van der Waals surface area contributed by atoms with Gasteiger partial charge in [0.2, 0.25) is 0 Å². The average Bonchev–Trinajstić information content (AvgIpc) is 3.74. The number of aliphatic hydroxyl groups excluding tert-OH is 16. The molecule has 6 saturated heterocycles. The molecule has 6 aliphatic heterocycles. The van der Waals surface area contributed by atoms with Crippen LogP contribution in [-0.4, -0.2) is 306 Å². The number of phosphoric ester groups is 2. The van der Waals surface area contributed by atoms with Gasteiger partial charge in [0, 0.05) is 11.8 Å². The fraction of sp³-hybridized carbons (Fsp3) is 1.00. The molecule has 77 heavy (non-hydrogen) atoms. The van der Waals surface area contributed by atoms with Gasteiger partial charge in [0.1, 0.15) is 135 Å². The second-order valence-corrected chi connectivity index (χ2v) is 22.3. The summed E-state index contributed by atoms with van der Waals surface area (Å²) in [5.41, 5.74) is 3.44. The van der Waals surface area contributed by atoms with E-state index in [1.54, 1.807) is 0 Å². The van der Waals surface area contributed by atoms with Crippen LogP contribution < -0.4 is 15.5 Å². The lowest BCUT2D eigenvalue weighted by Gasteiger charge is -2.49. The Morgan fingerprint density at radius 1 is 0.468 bits per heavy atom. The van der Waals surface area contributed by atoms with Crippen LogP contribution in [0.5, 0.6) is 0 Å². The van der Waals surface area contributed by atoms with E-state index in [1.165, 1.54) is 13.8 Å². The third-order valence-corrected chi connectivity index (χ3v) is 16.4. The standard InChI is InChI=1S/C40H71NO34P2/c1-10-17(45)31(35-32(18(10)46)74-77(60,61)75-35)71-36-11(2)19(47)30(14(7-44)67-36)70-38-29(57)25(53)22(50)15(68-38)8-62-39-33(26(54)21(49)13(6-43)66-39)73-40-34(72-37-28(56)24(52)20(48)12(5-42)65-37)27(55)23(51)16(69-40)9-64-76(58,59)63-4-3-41/h10-40,42-57H,3-9,41H2,1-2H3,(H,58,59)(H,60,61)/p-1/t10-,11?,12?,13?,14?,15?,16?,17?,18+,19+,20+,21+,22+,23+,24-,25-,26-,27-,28?,29?,30+,31?,32?,33?,34?,35-,36+,37+,38+,39-,40+/m0/s1. The molecule has 19 N–H and O–H groups in total. The van der Waals surface area contributed by atoms with Crippen LogP contribution in [0.2, 0.25) is 0 Å². The lowest BCUT2D eigenvalue weighted by Crippen LogP contribution is -2.67. The summed E-state index contributed by atoms with van der Waals surface area (Å²) in [5.74, 6) is -2.20. The summed E-state index contributed by atoms with van der Waals surface area (Å²) < 4.78 is 102. The van der Waals surface area contributed by atoms with Crippen molar-refractivity contribution >= 4 is 15.6 Å². The average molecular weight is 1170 g/mol. The van der Waals surface area contributed by atoms with E-state index in [1.807, 2.05) is 0 Å². The van der Waals surface area contributed by atoms with E-state index in [-0.39, 0.29) is 6.54 Å². The predicted molar refractivity (Wildman–Crippen MR) is 231 cm³/mol. The van der Waals surface area contributed by atoms with Crippen LogP contribution in [0.25, 0.3) is 0 Å². The quantitative estimate of drug-likeness (QED) is 0.0503. The molecule has 0 spiro atoms. The Morgan fingerprint density at radius 3 is 1.48 bits per heavy atom. The van der Waals surface area contributed by atoms with E-state index < -0.39 is 245 Å². The molecule has 450 valence electrons. The minimum atomic E-state index is -5.12. The normalized spacial score (nSPS) is 52.5. The Bertz CT molecular complexity index is 1970. The number of phosphoric acid groups is 2. The monoisotopic (exact) mass is 1170 g/mol. The highest BCUT2D eigenvalue weighted by molar-refractivity contribution is 7.46. The van der Waals surface area contributed by atoms with Gasteiger partial charge in [-0.3, -0.25) is 9.13 Å². The highest BCUT2D eigenvalue weighted by Gasteiger charge is 2.59. The molecule has 0 aromatic carbocycles. The third kappa shape index (κ3) is 13.7. The highest BCUT2D eigenvalue weighted by Crippen LogP contribution is 2.54. The van der Waals surface area contributed by atoms with Crippen LogP contribution in [-0.2, 0) is 74.6 Å². The predicted octanol–water partition coefficient (Wildman–Crippen LogP) is -12.9. The first kappa shape index (κ1) is 63.7. The Labute approximate surface area is 436 Å². The maximum Gasteiger partial charge on any atom is 0.268 e. The number of fused-ring (bicyclic) bond motifs is 1. The molecular weight excluding hydrogens is 1100 g/mol. The van der Waals surface area contributed by atoms with Crippen LogP contribution in [0.3, 0.4) is 0 Å². The summed E-state index contributed by atoms with van der Waals surface area (Å²) in [6.45, 7) is -2.60. The maximum atomic E-state index is 12.4. The van der Waals surface area contributed by atoms with Crippen LogP contribution in [0.1, 0.15) is 13.8 Å². The molecule has 0 bridgehead atoms. The lowest BCUT2D eigenvalue weighted by molar-refractivity contribution is -0.397. The topological polar surface area (TPSA) is 561 Å². The number of ether oxygens (including phenoxy) is 10. The molecule has 33 atom stereocenters. The molecule has 35 nitrogen and oxygen atoms in total. The summed E-state index contributed by atoms with van der Waals surface area (Å²) in [6.07, 6.45) is -54.7. The van der Waals surface area contributed by atoms with E-state index in [0.717, 1.165) is 0 Å². The van der Waals surface area contributed by atoms with Crippen LogP contribution >= 0.6 is 15.6 Å². The van der Waals surface area contributed by atoms with Crippen molar-refractivity contribution in [3.05, 3.63) is 0 Å². The fourth-order valence-corrected chi connectivity index (χ4v) is 11.7. The van der Waals surface area contributed by atoms with Gasteiger partial charge in [0.25, 0.3) is 15.6 Å². The van der Waals surface area contributed by atoms with Crippen LogP contribution in [0.4, 0.5) is 0 Å². The summed E-state index contributed by atoms with van der Waals surface area (Å²) in [4.78, 5) is 24.6. The van der Waals surface area contributed by atoms with Gasteiger partial charge >= 0.3 is 0 Å². The number of hydrogen-bond acceptors (Lipinski definition) is 34. The molecule has 0 aromatic rings. The van der Waals surface area contributed by atoms with Crippen molar-refractivity contribution in [1.29, 1.82) is 0 Å². The first-order chi connectivity index (χ1) is 36.2. The molecule has 0 aromatic heterocycles. The van der Waals surface area contributed by atoms with Crippen molar-refractivity contribution in [2.45, 2.75) is 192 Å². The molecule has 0 radical (unpaired) electrons. The van der Waals surface area contributed by atoms with Crippen molar-refractivity contribution in [3.8, 4) is 0 Å². The van der Waals surface area contributed by atoms with Crippen molar-refractivity contribution in [3.63, 3.8) is 0 Å². The first-order valence-electron chi connectivity index (χ1n) is 24.4. The minimum Gasteiger partial charge on any atom is -0.756 e. The number of quaternary nitrogens is 1. The van der Waals surface area contributed by atoms with Crippen molar-refractivity contribution < 1.29 is 172 Å². The summed E-state index contributed by atoms with van der Waals surface area (Å²) in [6, 6.07) is 0. The van der Waals surface area contributed by atoms with Gasteiger partial charge in [-0.25, -0.2) is 0 Å². The molecule has 7 rings (SSSR count). The minimum absolute atomic E-state index is 0.0110. The van der Waals surface area contributed by atoms with E-state index in [9.17, 15) is 101 Å². The van der Waals surface area contributed by atoms with E-state index in [2.05, 4.69) is 10.3 Å². The van der Waals surface area contributed by atoms with Crippen molar-refractivity contribution in [2.75, 3.05) is 46.2 Å². The fourth-order valence-electron chi connectivity index (χ4n) is 9.79. The maximum absolute atomic E-state index is 12.4. The molecule has 6 heterocycles. The number of rotatable bonds is 20. The lowest BCUT2D eigenvalue weighted by atomic mass is 9.79. The zero-order valence-electron chi connectivity index (χ0n) is 41.0. The van der Waals surface area contributed by atoms with Gasteiger partial charge in [0.15, 0.2) is 31.5 Å². The van der Waals surface area contributed by atoms with Crippen molar-refractivity contribution in [1.82, 2.24) is 0 Å². The SMILES string of the molecule is CC1[C@@H](OC2C(O)[C@H](C)[C@@H](O)C3OP(=O)([O-])O[C@@H]23)OC(CO)[C@@H](O[C@H]2OC(CO[C@H]3OC(CO)[C@@H](O)[C@H](O)C3O[C@H]3OC(COP(=O)([O-])OCC[NH3+])[C@@H](O)[C@H](O)C3O[C@H]3OC(CO)[C@@H](O)[C@H](O)C3O)[C@@H](O)[C@H](O)C2O)[C@@H]1O. The molecule has 7 aliphatic rings. The summed E-state index contributed by atoms with van der Waals surface area (Å²) in [5, 5.41) is 173. The summed E-state index contributed by atoms with van der Waals surface area (Å²) >= 11 is 0. The van der Waals surface area contributed by atoms with E-state index in [4.69, 9.17) is 60.9 Å². The van der Waals surface area contributed by atoms with Crippen molar-refractivity contribution in [2.24, 2.45) is 11.8 Å². The van der Waals surface area contributed by atoms with Gasteiger partial charge < -0.3 is 163 Å². The molecule has 7 fully saturated rings. The van der Waals surface area contributed by atoms with Crippen LogP contribution in [0.15, 0.2) is 0 Å². The van der Waals surface area contributed by atoms with Gasteiger partial charge in [-0.1, -0.05) is 13.8 Å². The summed E-state index contributed by atoms with van der Waals surface area (Å²) in [7, 11) is -10.1. The zero-order chi connectivity index (χ0) is 56.7. The molecule has 15 unspecified atom stereocenters. The third-order valence-electron chi connectivity index (χ3n) is 14.4. The second-order valence-electron chi connectivity index (χ2n) is 19.6. The Kier molecular flexibility index (Phi) is 21.8. The smallest absolute Gasteiger partial charge is 0.268 e. The number of aliphatic hydroxyl groups is 16. The van der Waals surface area contributed by atoms with E-state index in [0.29, 0.717) is 0 Å². The molecular formula is C40H70NO34P2-. The van der Waals surface area contributed by atoms with Gasteiger partial charge in [-0.05, 0) is 0 Å². The van der Waals surface area contributed by atoms with Crippen LogP contribution in [0, 0.1) is 11.8 Å². The Balaban J connectivity index is 1.08. The Morgan fingerprint density at radius 2 is 0.896 bits per heavy atom. The Hall–Kier alpha value is -0.860. The zero-order valence-corrected chi connectivity index (χ0v) is 42.7. The highest BCUT2D eigenvalue weighted by atomic mass is 31.2.